The zero-order valence-corrected chi connectivity index (χ0v) is 12.5. The second-order valence-corrected chi connectivity index (χ2v) is 5.69. The minimum Gasteiger partial charge on any atom is -0.489 e. The highest BCUT2D eigenvalue weighted by atomic mass is 16.5. The molecule has 1 heterocycles. The summed E-state index contributed by atoms with van der Waals surface area (Å²) >= 11 is 0. The summed E-state index contributed by atoms with van der Waals surface area (Å²) in [7, 11) is 0. The van der Waals surface area contributed by atoms with Gasteiger partial charge >= 0.3 is 0 Å². The van der Waals surface area contributed by atoms with E-state index in [1.165, 1.54) is 11.1 Å². The van der Waals surface area contributed by atoms with Crippen molar-refractivity contribution >= 4 is 0 Å². The molecule has 110 valence electrons. The molecule has 0 aliphatic carbocycles. The van der Waals surface area contributed by atoms with E-state index in [4.69, 9.17) is 15.2 Å². The maximum absolute atomic E-state index is 6.01. The number of hydrogen-bond acceptors (Lipinski definition) is 3. The molecule has 2 atom stereocenters. The van der Waals surface area contributed by atoms with Gasteiger partial charge in [0, 0.05) is 18.0 Å². The molecule has 2 N–H and O–H groups in total. The first-order chi connectivity index (χ1) is 10.1. The van der Waals surface area contributed by atoms with E-state index >= 15 is 0 Å². The molecular weight excluding hydrogens is 262 g/mol. The number of fused-ring (bicyclic) bond motifs is 1. The third-order valence-corrected chi connectivity index (χ3v) is 3.80. The Morgan fingerprint density at radius 1 is 1.29 bits per heavy atom. The Labute approximate surface area is 125 Å². The van der Waals surface area contributed by atoms with E-state index in [0.717, 1.165) is 23.5 Å². The van der Waals surface area contributed by atoms with Gasteiger partial charge in [0.05, 0.1) is 0 Å². The normalized spacial score (nSPS) is 18.0. The first-order valence-corrected chi connectivity index (χ1v) is 7.37. The van der Waals surface area contributed by atoms with Crippen molar-refractivity contribution in [1.29, 1.82) is 0 Å². The number of para-hydroxylation sites is 1. The maximum atomic E-state index is 6.01. The number of rotatable bonds is 4. The molecule has 1 aliphatic heterocycles. The van der Waals surface area contributed by atoms with Crippen LogP contribution < -0.4 is 15.2 Å². The van der Waals surface area contributed by atoms with Crippen molar-refractivity contribution in [2.45, 2.75) is 32.4 Å². The lowest BCUT2D eigenvalue weighted by Gasteiger charge is -2.17. The second-order valence-electron chi connectivity index (χ2n) is 5.69. The van der Waals surface area contributed by atoms with Crippen LogP contribution in [0.1, 0.15) is 29.7 Å². The molecule has 0 aromatic heterocycles. The van der Waals surface area contributed by atoms with Crippen molar-refractivity contribution in [3.63, 3.8) is 0 Å². The summed E-state index contributed by atoms with van der Waals surface area (Å²) in [5.74, 6) is 1.84. The van der Waals surface area contributed by atoms with E-state index in [2.05, 4.69) is 19.1 Å². The summed E-state index contributed by atoms with van der Waals surface area (Å²) in [4.78, 5) is 0. The maximum Gasteiger partial charge on any atom is 0.137 e. The van der Waals surface area contributed by atoms with Crippen LogP contribution in [0.4, 0.5) is 0 Å². The molecule has 0 saturated carbocycles. The highest BCUT2D eigenvalue weighted by Gasteiger charge is 2.23. The molecule has 1 unspecified atom stereocenters. The molecule has 0 fully saturated rings. The Morgan fingerprint density at radius 3 is 2.86 bits per heavy atom. The van der Waals surface area contributed by atoms with Gasteiger partial charge in [-0.05, 0) is 37.1 Å². The highest BCUT2D eigenvalue weighted by Crippen LogP contribution is 2.30. The molecule has 1 aliphatic rings. The lowest BCUT2D eigenvalue weighted by molar-refractivity contribution is 0.147. The van der Waals surface area contributed by atoms with Gasteiger partial charge in [-0.15, -0.1) is 0 Å². The first-order valence-electron chi connectivity index (χ1n) is 7.37. The van der Waals surface area contributed by atoms with Gasteiger partial charge in [0.1, 0.15) is 24.2 Å². The standard InChI is InChI=1S/C18H21NO2/c1-12-7-8-16(13(2)19)18(9-12)20-11-15-10-14-5-3-4-6-17(14)21-15/h3-9,13,15H,10-11,19H2,1-2H3/t13-,15?/m1/s1. The van der Waals surface area contributed by atoms with Crippen LogP contribution in [0, 0.1) is 6.92 Å². The average molecular weight is 283 g/mol. The summed E-state index contributed by atoms with van der Waals surface area (Å²) in [6, 6.07) is 14.3. The van der Waals surface area contributed by atoms with Gasteiger partial charge in [0.2, 0.25) is 0 Å². The zero-order chi connectivity index (χ0) is 14.8. The van der Waals surface area contributed by atoms with E-state index in [-0.39, 0.29) is 12.1 Å². The number of aryl methyl sites for hydroxylation is 1. The van der Waals surface area contributed by atoms with E-state index in [9.17, 15) is 0 Å². The van der Waals surface area contributed by atoms with Crippen molar-refractivity contribution in [3.8, 4) is 11.5 Å². The zero-order valence-electron chi connectivity index (χ0n) is 12.5. The molecule has 21 heavy (non-hydrogen) atoms. The fourth-order valence-electron chi connectivity index (χ4n) is 2.67. The van der Waals surface area contributed by atoms with Crippen LogP contribution in [0.25, 0.3) is 0 Å². The quantitative estimate of drug-likeness (QED) is 0.935. The van der Waals surface area contributed by atoms with Gasteiger partial charge in [-0.1, -0.05) is 30.3 Å². The van der Waals surface area contributed by atoms with Gasteiger partial charge in [0.25, 0.3) is 0 Å². The Bertz CT molecular complexity index is 612. The predicted octanol–water partition coefficient (Wildman–Crippen LogP) is 3.40. The molecule has 2 aromatic rings. The van der Waals surface area contributed by atoms with Crippen LogP contribution in [-0.4, -0.2) is 12.7 Å². The molecule has 3 nitrogen and oxygen atoms in total. The molecule has 0 spiro atoms. The Balaban J connectivity index is 1.68. The van der Waals surface area contributed by atoms with Crippen LogP contribution in [0.3, 0.4) is 0 Å². The molecule has 0 radical (unpaired) electrons. The van der Waals surface area contributed by atoms with E-state index in [1.54, 1.807) is 0 Å². The molecule has 2 aromatic carbocycles. The Kier molecular flexibility index (Phi) is 3.84. The molecule has 3 heteroatoms. The largest absolute Gasteiger partial charge is 0.489 e. The van der Waals surface area contributed by atoms with Crippen LogP contribution in [-0.2, 0) is 6.42 Å². The summed E-state index contributed by atoms with van der Waals surface area (Å²) in [6.45, 7) is 4.57. The van der Waals surface area contributed by atoms with Gasteiger partial charge in [-0.25, -0.2) is 0 Å². The van der Waals surface area contributed by atoms with E-state index < -0.39 is 0 Å². The van der Waals surface area contributed by atoms with E-state index in [0.29, 0.717) is 6.61 Å². The highest BCUT2D eigenvalue weighted by molar-refractivity contribution is 5.40. The molecule has 0 bridgehead atoms. The molecule has 0 saturated heterocycles. The number of nitrogens with two attached hydrogens (primary N) is 1. The number of ether oxygens (including phenoxy) is 2. The summed E-state index contributed by atoms with van der Waals surface area (Å²) in [5.41, 5.74) is 9.47. The fourth-order valence-corrected chi connectivity index (χ4v) is 2.67. The van der Waals surface area contributed by atoms with Gasteiger partial charge in [0.15, 0.2) is 0 Å². The smallest absolute Gasteiger partial charge is 0.137 e. The third-order valence-electron chi connectivity index (χ3n) is 3.80. The van der Waals surface area contributed by atoms with Gasteiger partial charge in [-0.3, -0.25) is 0 Å². The average Bonchev–Trinajstić information content (AvgIpc) is 2.87. The number of hydrogen-bond donors (Lipinski definition) is 1. The SMILES string of the molecule is Cc1ccc([C@@H](C)N)c(OCC2Cc3ccccc3O2)c1. The van der Waals surface area contributed by atoms with E-state index in [1.807, 2.05) is 37.3 Å². The lowest BCUT2D eigenvalue weighted by Crippen LogP contribution is -2.23. The second kappa shape index (κ2) is 5.78. The molecule has 0 amide bonds. The summed E-state index contributed by atoms with van der Waals surface area (Å²) in [6.07, 6.45) is 0.971. The minimum absolute atomic E-state index is 0.0395. The molecule has 3 rings (SSSR count). The Morgan fingerprint density at radius 2 is 2.10 bits per heavy atom. The van der Waals surface area contributed by atoms with Crippen molar-refractivity contribution < 1.29 is 9.47 Å². The van der Waals surface area contributed by atoms with Gasteiger partial charge < -0.3 is 15.2 Å². The fraction of sp³-hybridized carbons (Fsp3) is 0.333. The monoisotopic (exact) mass is 283 g/mol. The summed E-state index contributed by atoms with van der Waals surface area (Å²) in [5, 5.41) is 0. The van der Waals surface area contributed by atoms with Gasteiger partial charge in [-0.2, -0.15) is 0 Å². The van der Waals surface area contributed by atoms with Crippen LogP contribution >= 0.6 is 0 Å². The molecular formula is C18H21NO2. The topological polar surface area (TPSA) is 44.5 Å². The predicted molar refractivity (Wildman–Crippen MR) is 83.8 cm³/mol. The summed E-state index contributed by atoms with van der Waals surface area (Å²) < 4.78 is 11.9. The van der Waals surface area contributed by atoms with Crippen LogP contribution in [0.2, 0.25) is 0 Å². The van der Waals surface area contributed by atoms with Crippen molar-refractivity contribution in [2.75, 3.05) is 6.61 Å². The number of benzene rings is 2. The van der Waals surface area contributed by atoms with Crippen LogP contribution in [0.5, 0.6) is 11.5 Å². The van der Waals surface area contributed by atoms with Crippen LogP contribution in [0.15, 0.2) is 42.5 Å². The van der Waals surface area contributed by atoms with Crippen molar-refractivity contribution in [3.05, 3.63) is 59.2 Å². The van der Waals surface area contributed by atoms with Crippen molar-refractivity contribution in [2.24, 2.45) is 5.73 Å². The third kappa shape index (κ3) is 3.03. The minimum atomic E-state index is -0.0395. The Hall–Kier alpha value is -2.00. The lowest BCUT2D eigenvalue weighted by atomic mass is 10.1. The van der Waals surface area contributed by atoms with Crippen molar-refractivity contribution in [1.82, 2.24) is 0 Å². The first kappa shape index (κ1) is 14.0.